The minimum Gasteiger partial charge on any atom is -0.370 e. The quantitative estimate of drug-likeness (QED) is 0.904. The summed E-state index contributed by atoms with van der Waals surface area (Å²) in [6, 6.07) is 7.15. The second-order valence-electron chi connectivity index (χ2n) is 6.51. The van der Waals surface area contributed by atoms with Gasteiger partial charge in [0.05, 0.1) is 0 Å². The molecule has 1 heterocycles. The summed E-state index contributed by atoms with van der Waals surface area (Å²) >= 11 is 0. The Balaban J connectivity index is 1.71. The number of aryl methyl sites for hydroxylation is 2. The van der Waals surface area contributed by atoms with Crippen LogP contribution in [-0.4, -0.2) is 48.4 Å². The molecular formula is C17H25N3O. The Morgan fingerprint density at radius 3 is 2.90 bits per heavy atom. The maximum Gasteiger partial charge on any atom is 0.219 e. The molecule has 0 bridgehead atoms. The predicted molar refractivity (Wildman–Crippen MR) is 84.0 cm³/mol. The third kappa shape index (κ3) is 3.44. The van der Waals surface area contributed by atoms with Crippen molar-refractivity contribution >= 4 is 5.91 Å². The largest absolute Gasteiger partial charge is 0.370 e. The van der Waals surface area contributed by atoms with Crippen molar-refractivity contribution in [2.75, 3.05) is 26.7 Å². The number of likely N-dealkylation sites (N-methyl/N-ethyl adjacent to an activating group) is 1. The van der Waals surface area contributed by atoms with E-state index in [1.54, 1.807) is 0 Å². The normalized spacial score (nSPS) is 23.2. The van der Waals surface area contributed by atoms with Crippen LogP contribution in [0.25, 0.3) is 0 Å². The van der Waals surface area contributed by atoms with Crippen LogP contribution in [0, 0.1) is 0 Å². The first-order valence-electron chi connectivity index (χ1n) is 7.93. The number of nitrogens with zero attached hydrogens (tertiary/aromatic N) is 2. The van der Waals surface area contributed by atoms with E-state index in [1.165, 1.54) is 36.0 Å². The van der Waals surface area contributed by atoms with Gasteiger partial charge in [-0.2, -0.15) is 0 Å². The molecule has 2 aliphatic rings. The van der Waals surface area contributed by atoms with Gasteiger partial charge in [-0.25, -0.2) is 0 Å². The molecule has 1 saturated heterocycles. The molecule has 4 heteroatoms. The highest BCUT2D eigenvalue weighted by molar-refractivity contribution is 5.74. The minimum atomic E-state index is -0.200. The number of fused-ring (bicyclic) bond motifs is 1. The zero-order chi connectivity index (χ0) is 14.8. The van der Waals surface area contributed by atoms with Crippen LogP contribution in [0.1, 0.15) is 29.5 Å². The number of piperazine rings is 1. The van der Waals surface area contributed by atoms with Gasteiger partial charge in [0.2, 0.25) is 5.91 Å². The maximum absolute atomic E-state index is 11.3. The van der Waals surface area contributed by atoms with Crippen LogP contribution in [-0.2, 0) is 24.2 Å². The molecule has 0 radical (unpaired) electrons. The third-order valence-corrected chi connectivity index (χ3v) is 4.79. The summed E-state index contributed by atoms with van der Waals surface area (Å²) in [5, 5.41) is 0. The van der Waals surface area contributed by atoms with Gasteiger partial charge < -0.3 is 10.6 Å². The predicted octanol–water partition coefficient (Wildman–Crippen LogP) is 1.17. The molecule has 3 rings (SSSR count). The highest BCUT2D eigenvalue weighted by Crippen LogP contribution is 2.24. The highest BCUT2D eigenvalue weighted by atomic mass is 16.1. The number of carbonyl (C=O) groups is 1. The van der Waals surface area contributed by atoms with Crippen LogP contribution < -0.4 is 5.73 Å². The van der Waals surface area contributed by atoms with Crippen LogP contribution >= 0.6 is 0 Å². The lowest BCUT2D eigenvalue weighted by Gasteiger charge is -2.39. The third-order valence-electron chi connectivity index (χ3n) is 4.79. The molecule has 1 aliphatic carbocycles. The summed E-state index contributed by atoms with van der Waals surface area (Å²) in [5.41, 5.74) is 9.82. The molecule has 1 aromatic carbocycles. The monoisotopic (exact) mass is 287 g/mol. The number of nitrogens with two attached hydrogens (primary N) is 1. The van der Waals surface area contributed by atoms with Gasteiger partial charge in [-0.1, -0.05) is 18.2 Å². The maximum atomic E-state index is 11.3. The Morgan fingerprint density at radius 2 is 2.10 bits per heavy atom. The molecule has 0 spiro atoms. The van der Waals surface area contributed by atoms with Crippen molar-refractivity contribution in [1.82, 2.24) is 9.80 Å². The molecule has 1 aromatic rings. The average Bonchev–Trinajstić information content (AvgIpc) is 2.88. The second-order valence-corrected chi connectivity index (χ2v) is 6.51. The summed E-state index contributed by atoms with van der Waals surface area (Å²) in [7, 11) is 2.11. The Bertz CT molecular complexity index is 529. The summed E-state index contributed by atoms with van der Waals surface area (Å²) in [5.74, 6) is -0.200. The van der Waals surface area contributed by atoms with E-state index in [9.17, 15) is 4.79 Å². The van der Waals surface area contributed by atoms with Crippen molar-refractivity contribution < 1.29 is 4.79 Å². The standard InChI is InChI=1S/C17H25N3O/c1-19-7-8-20(16(12-19)10-17(18)21)11-13-5-6-14-3-2-4-15(14)9-13/h5-6,9,16H,2-4,7-8,10-12H2,1H3,(H2,18,21). The lowest BCUT2D eigenvalue weighted by molar-refractivity contribution is -0.119. The van der Waals surface area contributed by atoms with Gasteiger partial charge in [-0.3, -0.25) is 9.69 Å². The molecule has 114 valence electrons. The first-order chi connectivity index (χ1) is 10.1. The number of hydrogen-bond donors (Lipinski definition) is 1. The lowest BCUT2D eigenvalue weighted by Crippen LogP contribution is -2.52. The van der Waals surface area contributed by atoms with E-state index in [2.05, 4.69) is 35.0 Å². The number of benzene rings is 1. The number of primary amides is 1. The molecule has 1 unspecified atom stereocenters. The molecule has 1 amide bonds. The van der Waals surface area contributed by atoms with Crippen molar-refractivity contribution in [3.63, 3.8) is 0 Å². The van der Waals surface area contributed by atoms with Crippen molar-refractivity contribution in [3.8, 4) is 0 Å². The van der Waals surface area contributed by atoms with Crippen LogP contribution in [0.2, 0.25) is 0 Å². The fraction of sp³-hybridized carbons (Fsp3) is 0.588. The molecule has 4 nitrogen and oxygen atoms in total. The fourth-order valence-corrected chi connectivity index (χ4v) is 3.64. The van der Waals surface area contributed by atoms with E-state index in [0.717, 1.165) is 26.2 Å². The van der Waals surface area contributed by atoms with E-state index in [-0.39, 0.29) is 11.9 Å². The first-order valence-corrected chi connectivity index (χ1v) is 7.93. The Morgan fingerprint density at radius 1 is 1.29 bits per heavy atom. The number of hydrogen-bond acceptors (Lipinski definition) is 3. The minimum absolute atomic E-state index is 0.200. The molecule has 0 saturated carbocycles. The Kier molecular flexibility index (Phi) is 4.27. The van der Waals surface area contributed by atoms with Crippen LogP contribution in [0.4, 0.5) is 0 Å². The fourth-order valence-electron chi connectivity index (χ4n) is 3.64. The van der Waals surface area contributed by atoms with Gasteiger partial charge >= 0.3 is 0 Å². The van der Waals surface area contributed by atoms with Crippen molar-refractivity contribution in [2.24, 2.45) is 5.73 Å². The zero-order valence-electron chi connectivity index (χ0n) is 12.8. The lowest BCUT2D eigenvalue weighted by atomic mass is 10.0. The summed E-state index contributed by atoms with van der Waals surface area (Å²) in [6.07, 6.45) is 4.19. The smallest absolute Gasteiger partial charge is 0.219 e. The molecule has 1 fully saturated rings. The van der Waals surface area contributed by atoms with E-state index in [1.807, 2.05) is 0 Å². The topological polar surface area (TPSA) is 49.6 Å². The molecule has 0 aromatic heterocycles. The van der Waals surface area contributed by atoms with Gasteiger partial charge in [0.25, 0.3) is 0 Å². The molecular weight excluding hydrogens is 262 g/mol. The average molecular weight is 287 g/mol. The molecule has 1 atom stereocenters. The second kappa shape index (κ2) is 6.16. The summed E-state index contributed by atoms with van der Waals surface area (Å²) in [6.45, 7) is 3.92. The molecule has 2 N–H and O–H groups in total. The van der Waals surface area contributed by atoms with Gasteiger partial charge in [0.1, 0.15) is 0 Å². The van der Waals surface area contributed by atoms with Gasteiger partial charge in [-0.15, -0.1) is 0 Å². The highest BCUT2D eigenvalue weighted by Gasteiger charge is 2.26. The van der Waals surface area contributed by atoms with Gasteiger partial charge in [-0.05, 0) is 43.0 Å². The summed E-state index contributed by atoms with van der Waals surface area (Å²) < 4.78 is 0. The Hall–Kier alpha value is -1.39. The number of amides is 1. The molecule has 1 aliphatic heterocycles. The van der Waals surface area contributed by atoms with Crippen LogP contribution in [0.3, 0.4) is 0 Å². The SMILES string of the molecule is CN1CCN(Cc2ccc3c(c2)CCC3)C(CC(N)=O)C1. The number of carbonyl (C=O) groups excluding carboxylic acids is 1. The van der Waals surface area contributed by atoms with Crippen molar-refractivity contribution in [1.29, 1.82) is 0 Å². The van der Waals surface area contributed by atoms with Gasteiger partial charge in [0.15, 0.2) is 0 Å². The Labute approximate surface area is 126 Å². The first kappa shape index (κ1) is 14.5. The van der Waals surface area contributed by atoms with E-state index >= 15 is 0 Å². The summed E-state index contributed by atoms with van der Waals surface area (Å²) in [4.78, 5) is 16.0. The molecule has 21 heavy (non-hydrogen) atoms. The van der Waals surface area contributed by atoms with E-state index < -0.39 is 0 Å². The van der Waals surface area contributed by atoms with Gasteiger partial charge in [0, 0.05) is 38.6 Å². The van der Waals surface area contributed by atoms with E-state index in [0.29, 0.717) is 6.42 Å². The van der Waals surface area contributed by atoms with E-state index in [4.69, 9.17) is 5.73 Å². The van der Waals surface area contributed by atoms with Crippen molar-refractivity contribution in [3.05, 3.63) is 34.9 Å². The van der Waals surface area contributed by atoms with Crippen LogP contribution in [0.15, 0.2) is 18.2 Å². The zero-order valence-corrected chi connectivity index (χ0v) is 12.8. The van der Waals surface area contributed by atoms with Crippen molar-refractivity contribution in [2.45, 2.75) is 38.3 Å². The number of rotatable bonds is 4. The van der Waals surface area contributed by atoms with Crippen LogP contribution in [0.5, 0.6) is 0 Å².